The van der Waals surface area contributed by atoms with E-state index >= 15 is 0 Å². The number of aliphatic hydroxyl groups excluding tert-OH is 1. The van der Waals surface area contributed by atoms with E-state index in [1.807, 2.05) is 13.0 Å². The second kappa shape index (κ2) is 5.51. The van der Waals surface area contributed by atoms with E-state index in [1.165, 1.54) is 0 Å². The van der Waals surface area contributed by atoms with Gasteiger partial charge in [-0.05, 0) is 12.8 Å². The molecular formula is C7H12O2. The average molecular weight is 128 g/mol. The monoisotopic (exact) mass is 128 g/mol. The summed E-state index contributed by atoms with van der Waals surface area (Å²) in [7, 11) is 0. The van der Waals surface area contributed by atoms with Crippen LogP contribution in [0.1, 0.15) is 19.8 Å². The summed E-state index contributed by atoms with van der Waals surface area (Å²) in [6.45, 7) is 2.00. The minimum absolute atomic E-state index is 0.442. The van der Waals surface area contributed by atoms with E-state index in [2.05, 4.69) is 0 Å². The summed E-state index contributed by atoms with van der Waals surface area (Å²) in [5.74, 6) is 0. The van der Waals surface area contributed by atoms with Gasteiger partial charge in [-0.15, -0.1) is 0 Å². The summed E-state index contributed by atoms with van der Waals surface area (Å²) < 4.78 is 0. The Labute approximate surface area is 55.2 Å². The van der Waals surface area contributed by atoms with Crippen molar-refractivity contribution in [3.63, 3.8) is 0 Å². The number of aldehydes is 1. The standard InChI is InChI=1S/C7H12O2/c1-2-3-4-5-7(9)6-8/h3-4,6-7,9H,2,5H2,1H3. The largest absolute Gasteiger partial charge is 0.385 e. The van der Waals surface area contributed by atoms with Gasteiger partial charge in [-0.1, -0.05) is 19.1 Å². The quantitative estimate of drug-likeness (QED) is 0.451. The van der Waals surface area contributed by atoms with Crippen molar-refractivity contribution in [2.24, 2.45) is 0 Å². The summed E-state index contributed by atoms with van der Waals surface area (Å²) in [4.78, 5) is 9.82. The van der Waals surface area contributed by atoms with Gasteiger partial charge >= 0.3 is 0 Å². The van der Waals surface area contributed by atoms with Crippen molar-refractivity contribution in [1.82, 2.24) is 0 Å². The number of carbonyl (C=O) groups is 1. The Kier molecular flexibility index (Phi) is 5.12. The molecule has 1 N–H and O–H groups in total. The number of carbonyl (C=O) groups excluding carboxylic acids is 1. The minimum Gasteiger partial charge on any atom is -0.385 e. The van der Waals surface area contributed by atoms with Gasteiger partial charge in [0, 0.05) is 0 Å². The molecule has 0 aliphatic heterocycles. The molecule has 2 nitrogen and oxygen atoms in total. The second-order valence-corrected chi connectivity index (χ2v) is 1.82. The topological polar surface area (TPSA) is 37.3 Å². The van der Waals surface area contributed by atoms with Crippen LogP contribution in [-0.4, -0.2) is 17.5 Å². The van der Waals surface area contributed by atoms with Crippen molar-refractivity contribution in [1.29, 1.82) is 0 Å². The van der Waals surface area contributed by atoms with Gasteiger partial charge in [-0.2, -0.15) is 0 Å². The van der Waals surface area contributed by atoms with Crippen LogP contribution in [0.3, 0.4) is 0 Å². The molecule has 0 aliphatic rings. The fourth-order valence-electron chi connectivity index (χ4n) is 0.458. The second-order valence-electron chi connectivity index (χ2n) is 1.82. The molecule has 0 saturated heterocycles. The van der Waals surface area contributed by atoms with Crippen LogP contribution < -0.4 is 0 Å². The highest BCUT2D eigenvalue weighted by Gasteiger charge is 1.94. The first-order valence-corrected chi connectivity index (χ1v) is 3.09. The molecule has 0 aromatic heterocycles. The molecule has 0 aromatic carbocycles. The molecule has 0 amide bonds. The van der Waals surface area contributed by atoms with Gasteiger partial charge in [0.15, 0.2) is 0 Å². The van der Waals surface area contributed by atoms with Crippen molar-refractivity contribution in [3.05, 3.63) is 12.2 Å². The zero-order valence-corrected chi connectivity index (χ0v) is 5.58. The first kappa shape index (κ1) is 8.37. The van der Waals surface area contributed by atoms with Gasteiger partial charge in [0.1, 0.15) is 12.4 Å². The molecule has 0 bridgehead atoms. The Bertz CT molecular complexity index is 97.1. The molecule has 0 fully saturated rings. The molecule has 1 atom stereocenters. The van der Waals surface area contributed by atoms with Gasteiger partial charge in [-0.3, -0.25) is 0 Å². The molecule has 2 heteroatoms. The van der Waals surface area contributed by atoms with Crippen LogP contribution in [0.2, 0.25) is 0 Å². The zero-order valence-electron chi connectivity index (χ0n) is 5.58. The number of hydrogen-bond donors (Lipinski definition) is 1. The molecule has 0 heterocycles. The average Bonchev–Trinajstić information content (AvgIpc) is 1.89. The van der Waals surface area contributed by atoms with E-state index in [9.17, 15) is 4.79 Å². The molecule has 1 unspecified atom stereocenters. The number of allylic oxidation sites excluding steroid dienone is 1. The van der Waals surface area contributed by atoms with Gasteiger partial charge in [0.25, 0.3) is 0 Å². The molecule has 0 saturated carbocycles. The summed E-state index contributed by atoms with van der Waals surface area (Å²) >= 11 is 0. The molecule has 0 radical (unpaired) electrons. The van der Waals surface area contributed by atoms with Crippen LogP contribution in [0.15, 0.2) is 12.2 Å². The third kappa shape index (κ3) is 5.24. The van der Waals surface area contributed by atoms with Crippen molar-refractivity contribution >= 4 is 6.29 Å². The fraction of sp³-hybridized carbons (Fsp3) is 0.571. The number of rotatable bonds is 4. The summed E-state index contributed by atoms with van der Waals surface area (Å²) in [6.07, 6.45) is 4.85. The molecule has 0 spiro atoms. The van der Waals surface area contributed by atoms with Crippen molar-refractivity contribution in [2.45, 2.75) is 25.9 Å². The fourth-order valence-corrected chi connectivity index (χ4v) is 0.458. The molecule has 0 aliphatic carbocycles. The Morgan fingerprint density at radius 2 is 2.22 bits per heavy atom. The predicted molar refractivity (Wildman–Crippen MR) is 36.1 cm³/mol. The Balaban J connectivity index is 3.25. The molecule has 9 heavy (non-hydrogen) atoms. The van der Waals surface area contributed by atoms with Crippen LogP contribution in [0.5, 0.6) is 0 Å². The molecule has 0 rings (SSSR count). The smallest absolute Gasteiger partial charge is 0.148 e. The molecule has 0 aromatic rings. The van der Waals surface area contributed by atoms with Crippen LogP contribution in [0.25, 0.3) is 0 Å². The third-order valence-corrected chi connectivity index (χ3v) is 0.937. The summed E-state index contributed by atoms with van der Waals surface area (Å²) in [6, 6.07) is 0. The number of hydrogen-bond acceptors (Lipinski definition) is 2. The normalized spacial score (nSPS) is 14.0. The van der Waals surface area contributed by atoms with E-state index in [0.29, 0.717) is 12.7 Å². The summed E-state index contributed by atoms with van der Waals surface area (Å²) in [5.41, 5.74) is 0. The van der Waals surface area contributed by atoms with Crippen molar-refractivity contribution in [3.8, 4) is 0 Å². The third-order valence-electron chi connectivity index (χ3n) is 0.937. The van der Waals surface area contributed by atoms with Gasteiger partial charge in [0.2, 0.25) is 0 Å². The Hall–Kier alpha value is -0.630. The molecular weight excluding hydrogens is 116 g/mol. The maximum absolute atomic E-state index is 9.82. The Morgan fingerprint density at radius 3 is 2.67 bits per heavy atom. The van der Waals surface area contributed by atoms with Crippen LogP contribution in [0, 0.1) is 0 Å². The highest BCUT2D eigenvalue weighted by molar-refractivity contribution is 5.55. The van der Waals surface area contributed by atoms with E-state index in [4.69, 9.17) is 5.11 Å². The first-order chi connectivity index (χ1) is 4.31. The van der Waals surface area contributed by atoms with Gasteiger partial charge in [0.05, 0.1) is 0 Å². The number of aliphatic hydroxyl groups is 1. The maximum Gasteiger partial charge on any atom is 0.148 e. The van der Waals surface area contributed by atoms with E-state index in [-0.39, 0.29) is 0 Å². The van der Waals surface area contributed by atoms with Crippen LogP contribution >= 0.6 is 0 Å². The predicted octanol–water partition coefficient (Wildman–Crippen LogP) is 0.903. The van der Waals surface area contributed by atoms with Crippen molar-refractivity contribution in [2.75, 3.05) is 0 Å². The first-order valence-electron chi connectivity index (χ1n) is 3.09. The lowest BCUT2D eigenvalue weighted by molar-refractivity contribution is -0.114. The highest BCUT2D eigenvalue weighted by Crippen LogP contribution is 1.90. The van der Waals surface area contributed by atoms with Gasteiger partial charge in [-0.25, -0.2) is 0 Å². The van der Waals surface area contributed by atoms with E-state index in [0.717, 1.165) is 6.42 Å². The highest BCUT2D eigenvalue weighted by atomic mass is 16.3. The van der Waals surface area contributed by atoms with Gasteiger partial charge < -0.3 is 9.90 Å². The minimum atomic E-state index is -0.812. The lowest BCUT2D eigenvalue weighted by Crippen LogP contribution is -2.04. The SMILES string of the molecule is CCC=CCC(O)C=O. The van der Waals surface area contributed by atoms with Crippen LogP contribution in [0.4, 0.5) is 0 Å². The molecule has 52 valence electrons. The summed E-state index contributed by atoms with van der Waals surface area (Å²) in [5, 5.41) is 8.67. The maximum atomic E-state index is 9.82. The Morgan fingerprint density at radius 1 is 1.56 bits per heavy atom. The van der Waals surface area contributed by atoms with Crippen molar-refractivity contribution < 1.29 is 9.90 Å². The zero-order chi connectivity index (χ0) is 7.11. The van der Waals surface area contributed by atoms with Crippen LogP contribution in [-0.2, 0) is 4.79 Å². The van der Waals surface area contributed by atoms with E-state index < -0.39 is 6.10 Å². The lowest BCUT2D eigenvalue weighted by atomic mass is 10.2. The van der Waals surface area contributed by atoms with E-state index in [1.54, 1.807) is 6.08 Å². The lowest BCUT2D eigenvalue weighted by Gasteiger charge is -1.93.